The summed E-state index contributed by atoms with van der Waals surface area (Å²) in [7, 11) is 1.81. The molecule has 0 saturated heterocycles. The maximum atomic E-state index is 12.7. The van der Waals surface area contributed by atoms with Crippen LogP contribution in [-0.4, -0.2) is 26.0 Å². The van der Waals surface area contributed by atoms with E-state index in [1.165, 1.54) is 0 Å². The highest BCUT2D eigenvalue weighted by Crippen LogP contribution is 2.15. The molecule has 0 radical (unpaired) electrons. The highest BCUT2D eigenvalue weighted by molar-refractivity contribution is 6.08. The standard InChI is InChI=1S/C22H26N4O2/c1-15(2)14-26-12-11-20(24-26)23-21(27)13-18-9-10-19(25(18)4)22(28)17-7-5-16(3)6-8-17/h5-12,15H,13-14H2,1-4H3,(H,23,24,27). The number of hydrogen-bond donors (Lipinski definition) is 1. The smallest absolute Gasteiger partial charge is 0.231 e. The summed E-state index contributed by atoms with van der Waals surface area (Å²) in [6, 6.07) is 12.9. The second-order valence-electron chi connectivity index (χ2n) is 7.51. The predicted octanol–water partition coefficient (Wildman–Crippen LogP) is 3.60. The van der Waals surface area contributed by atoms with Crippen LogP contribution in [-0.2, 0) is 24.8 Å². The quantitative estimate of drug-likeness (QED) is 0.639. The molecule has 3 rings (SSSR count). The van der Waals surface area contributed by atoms with Gasteiger partial charge in [-0.25, -0.2) is 0 Å². The van der Waals surface area contributed by atoms with Gasteiger partial charge in [-0.2, -0.15) is 5.10 Å². The lowest BCUT2D eigenvalue weighted by Crippen LogP contribution is -2.18. The monoisotopic (exact) mass is 378 g/mol. The van der Waals surface area contributed by atoms with Crippen LogP contribution in [0.2, 0.25) is 0 Å². The molecule has 0 atom stereocenters. The van der Waals surface area contributed by atoms with Gasteiger partial charge in [-0.15, -0.1) is 0 Å². The van der Waals surface area contributed by atoms with E-state index in [9.17, 15) is 9.59 Å². The maximum absolute atomic E-state index is 12.7. The van der Waals surface area contributed by atoms with Crippen molar-refractivity contribution in [1.82, 2.24) is 14.3 Å². The van der Waals surface area contributed by atoms with Gasteiger partial charge in [0.05, 0.1) is 12.1 Å². The molecular formula is C22H26N4O2. The van der Waals surface area contributed by atoms with Crippen LogP contribution in [0.15, 0.2) is 48.7 Å². The van der Waals surface area contributed by atoms with Gasteiger partial charge in [0.25, 0.3) is 0 Å². The van der Waals surface area contributed by atoms with Gasteiger partial charge in [0, 0.05) is 37.1 Å². The SMILES string of the molecule is Cc1ccc(C(=O)c2ccc(CC(=O)Nc3ccn(CC(C)C)n3)n2C)cc1. The number of nitrogens with one attached hydrogen (secondary N) is 1. The summed E-state index contributed by atoms with van der Waals surface area (Å²) >= 11 is 0. The molecule has 0 aliphatic heterocycles. The van der Waals surface area contributed by atoms with Crippen molar-refractivity contribution >= 4 is 17.5 Å². The van der Waals surface area contributed by atoms with Crippen LogP contribution >= 0.6 is 0 Å². The molecule has 2 heterocycles. The average Bonchev–Trinajstić information content (AvgIpc) is 3.21. The molecule has 28 heavy (non-hydrogen) atoms. The number of aryl methyl sites for hydroxylation is 1. The van der Waals surface area contributed by atoms with Crippen molar-refractivity contribution in [3.8, 4) is 0 Å². The van der Waals surface area contributed by atoms with Crippen molar-refractivity contribution in [3.63, 3.8) is 0 Å². The van der Waals surface area contributed by atoms with Crippen molar-refractivity contribution in [2.45, 2.75) is 33.7 Å². The molecule has 2 aromatic heterocycles. The van der Waals surface area contributed by atoms with E-state index in [2.05, 4.69) is 24.3 Å². The fraction of sp³-hybridized carbons (Fsp3) is 0.318. The molecule has 1 aromatic carbocycles. The van der Waals surface area contributed by atoms with E-state index < -0.39 is 0 Å². The van der Waals surface area contributed by atoms with E-state index in [4.69, 9.17) is 0 Å². The van der Waals surface area contributed by atoms with Crippen LogP contribution in [0.4, 0.5) is 5.82 Å². The van der Waals surface area contributed by atoms with Gasteiger partial charge in [0.1, 0.15) is 0 Å². The van der Waals surface area contributed by atoms with Crippen LogP contribution in [0.25, 0.3) is 0 Å². The minimum atomic E-state index is -0.162. The van der Waals surface area contributed by atoms with Gasteiger partial charge in [-0.05, 0) is 25.0 Å². The molecule has 3 aromatic rings. The molecule has 1 amide bonds. The van der Waals surface area contributed by atoms with Crippen molar-refractivity contribution in [3.05, 3.63) is 71.2 Å². The molecule has 0 bridgehead atoms. The Balaban J connectivity index is 1.66. The number of amides is 1. The normalized spacial score (nSPS) is 11.0. The largest absolute Gasteiger partial charge is 0.344 e. The first-order valence-corrected chi connectivity index (χ1v) is 9.42. The third-order valence-corrected chi connectivity index (χ3v) is 4.57. The number of carbonyl (C=O) groups excluding carboxylic acids is 2. The summed E-state index contributed by atoms with van der Waals surface area (Å²) in [6.07, 6.45) is 2.03. The van der Waals surface area contributed by atoms with E-state index in [0.717, 1.165) is 17.8 Å². The van der Waals surface area contributed by atoms with Gasteiger partial charge < -0.3 is 9.88 Å². The highest BCUT2D eigenvalue weighted by atomic mass is 16.1. The topological polar surface area (TPSA) is 68.9 Å². The number of aromatic nitrogens is 3. The minimum Gasteiger partial charge on any atom is -0.344 e. The lowest BCUT2D eigenvalue weighted by molar-refractivity contribution is -0.115. The highest BCUT2D eigenvalue weighted by Gasteiger charge is 2.16. The first-order valence-electron chi connectivity index (χ1n) is 9.42. The molecule has 1 N–H and O–H groups in total. The molecule has 0 saturated carbocycles. The molecular weight excluding hydrogens is 352 g/mol. The van der Waals surface area contributed by atoms with Crippen LogP contribution in [0, 0.1) is 12.8 Å². The van der Waals surface area contributed by atoms with Gasteiger partial charge in [-0.3, -0.25) is 14.3 Å². The molecule has 0 spiro atoms. The van der Waals surface area contributed by atoms with Crippen molar-refractivity contribution in [2.75, 3.05) is 5.32 Å². The Morgan fingerprint density at radius 1 is 1.07 bits per heavy atom. The molecule has 6 heteroatoms. The number of benzene rings is 1. The fourth-order valence-corrected chi connectivity index (χ4v) is 3.07. The lowest BCUT2D eigenvalue weighted by Gasteiger charge is -2.08. The zero-order valence-corrected chi connectivity index (χ0v) is 16.8. The molecule has 0 fully saturated rings. The van der Waals surface area contributed by atoms with E-state index >= 15 is 0 Å². The molecule has 146 valence electrons. The van der Waals surface area contributed by atoms with Crippen molar-refractivity contribution in [1.29, 1.82) is 0 Å². The number of nitrogens with zero attached hydrogens (tertiary/aromatic N) is 3. The Bertz CT molecular complexity index is 980. The average molecular weight is 378 g/mol. The maximum Gasteiger partial charge on any atom is 0.231 e. The van der Waals surface area contributed by atoms with Crippen molar-refractivity contribution in [2.24, 2.45) is 13.0 Å². The summed E-state index contributed by atoms with van der Waals surface area (Å²) < 4.78 is 3.60. The fourth-order valence-electron chi connectivity index (χ4n) is 3.07. The molecule has 0 aliphatic carbocycles. The second-order valence-corrected chi connectivity index (χ2v) is 7.51. The zero-order valence-electron chi connectivity index (χ0n) is 16.8. The minimum absolute atomic E-state index is 0.0541. The van der Waals surface area contributed by atoms with Crippen LogP contribution in [0.3, 0.4) is 0 Å². The number of anilines is 1. The Morgan fingerprint density at radius 3 is 2.46 bits per heavy atom. The predicted molar refractivity (Wildman–Crippen MR) is 109 cm³/mol. The van der Waals surface area contributed by atoms with E-state index in [1.807, 2.05) is 48.1 Å². The number of ketones is 1. The molecule has 0 aliphatic rings. The van der Waals surface area contributed by atoms with E-state index in [0.29, 0.717) is 23.0 Å². The Morgan fingerprint density at radius 2 is 1.79 bits per heavy atom. The first-order chi connectivity index (χ1) is 13.3. The van der Waals surface area contributed by atoms with Gasteiger partial charge in [0.15, 0.2) is 5.82 Å². The zero-order chi connectivity index (χ0) is 20.3. The van der Waals surface area contributed by atoms with Gasteiger partial charge >= 0.3 is 0 Å². The van der Waals surface area contributed by atoms with Crippen LogP contribution < -0.4 is 5.32 Å². The van der Waals surface area contributed by atoms with Crippen LogP contribution in [0.5, 0.6) is 0 Å². The lowest BCUT2D eigenvalue weighted by atomic mass is 10.1. The summed E-state index contributed by atoms with van der Waals surface area (Å²) in [5.74, 6) is 0.805. The number of hydrogen-bond acceptors (Lipinski definition) is 3. The Kier molecular flexibility index (Phi) is 5.78. The number of rotatable bonds is 7. The van der Waals surface area contributed by atoms with E-state index in [1.54, 1.807) is 23.7 Å². The van der Waals surface area contributed by atoms with Gasteiger partial charge in [0.2, 0.25) is 11.7 Å². The Labute approximate surface area is 165 Å². The molecule has 0 unspecified atom stereocenters. The third kappa shape index (κ3) is 4.57. The van der Waals surface area contributed by atoms with Crippen LogP contribution in [0.1, 0.15) is 41.2 Å². The summed E-state index contributed by atoms with van der Waals surface area (Å²) in [6.45, 7) is 7.02. The second kappa shape index (κ2) is 8.25. The first kappa shape index (κ1) is 19.6. The van der Waals surface area contributed by atoms with Crippen molar-refractivity contribution < 1.29 is 9.59 Å². The van der Waals surface area contributed by atoms with E-state index in [-0.39, 0.29) is 18.1 Å². The summed E-state index contributed by atoms with van der Waals surface area (Å²) in [4.78, 5) is 25.1. The van der Waals surface area contributed by atoms with Gasteiger partial charge in [-0.1, -0.05) is 43.7 Å². The third-order valence-electron chi connectivity index (χ3n) is 4.57. The number of carbonyl (C=O) groups is 2. The summed E-state index contributed by atoms with van der Waals surface area (Å²) in [5.41, 5.74) is 3.08. The molecule has 6 nitrogen and oxygen atoms in total. The summed E-state index contributed by atoms with van der Waals surface area (Å²) in [5, 5.41) is 7.18. The Hall–Kier alpha value is -3.15.